The zero-order chi connectivity index (χ0) is 17.7. The van der Waals surface area contributed by atoms with E-state index in [-0.39, 0.29) is 12.5 Å². The van der Waals surface area contributed by atoms with E-state index < -0.39 is 0 Å². The monoisotopic (exact) mass is 366 g/mol. The summed E-state index contributed by atoms with van der Waals surface area (Å²) in [7, 11) is 0. The minimum atomic E-state index is -0.348. The summed E-state index contributed by atoms with van der Waals surface area (Å²) in [6.07, 6.45) is 3.87. The van der Waals surface area contributed by atoms with Crippen LogP contribution in [0, 0.1) is 5.92 Å². The van der Waals surface area contributed by atoms with Gasteiger partial charge in [-0.3, -0.25) is 4.79 Å². The summed E-state index contributed by atoms with van der Waals surface area (Å²) >= 11 is 11.8. The van der Waals surface area contributed by atoms with Gasteiger partial charge in [-0.2, -0.15) is 5.10 Å². The summed E-state index contributed by atoms with van der Waals surface area (Å²) in [5.74, 6) is 0.423. The zero-order valence-electron chi connectivity index (χ0n) is 13.7. The van der Waals surface area contributed by atoms with Gasteiger partial charge < -0.3 is 4.74 Å². The summed E-state index contributed by atoms with van der Waals surface area (Å²) in [6, 6.07) is 4.83. The van der Waals surface area contributed by atoms with E-state index >= 15 is 0 Å². The average Bonchev–Trinajstić information content (AvgIpc) is 2.53. The first-order valence-electron chi connectivity index (χ1n) is 7.62. The van der Waals surface area contributed by atoms with E-state index in [9.17, 15) is 4.79 Å². The molecule has 0 aliphatic heterocycles. The Labute approximate surface area is 152 Å². The summed E-state index contributed by atoms with van der Waals surface area (Å²) in [5, 5.41) is 5.09. The molecule has 0 spiro atoms. The van der Waals surface area contributed by atoms with Crippen LogP contribution in [0.3, 0.4) is 0 Å². The second-order valence-electron chi connectivity index (χ2n) is 5.83. The smallest absolute Gasteiger partial charge is 0.277 e. The van der Waals surface area contributed by atoms with Gasteiger partial charge in [-0.15, -0.1) is 0 Å². The molecule has 6 heteroatoms. The predicted molar refractivity (Wildman–Crippen MR) is 98.8 cm³/mol. The molecule has 0 heterocycles. The number of benzene rings is 1. The van der Waals surface area contributed by atoms with Crippen molar-refractivity contribution in [2.75, 3.05) is 6.61 Å². The number of nitrogens with one attached hydrogen (secondary N) is 1. The molecular formula is C18H20Cl2N2O2. The van der Waals surface area contributed by atoms with Crippen molar-refractivity contribution in [2.24, 2.45) is 11.0 Å². The number of amides is 1. The van der Waals surface area contributed by atoms with Crippen LogP contribution in [0.2, 0.25) is 10.0 Å². The standard InChI is InChI=1S/C18H20Cl2N2O2/c1-11(2)13-5-4-12(3)16(8-13)21-22-18(23)10-24-17-7-6-14(19)9-15(17)20/h4,6-7,9,13H,1,5,8,10H2,2-3H3,(H,22,23). The molecule has 1 aliphatic rings. The lowest BCUT2D eigenvalue weighted by Crippen LogP contribution is -2.27. The number of nitrogens with zero attached hydrogens (tertiary/aromatic N) is 1. The van der Waals surface area contributed by atoms with Crippen LogP contribution < -0.4 is 10.2 Å². The number of carbonyl (C=O) groups is 1. The Hall–Kier alpha value is -1.78. The van der Waals surface area contributed by atoms with Crippen LogP contribution in [-0.2, 0) is 4.79 Å². The van der Waals surface area contributed by atoms with Crippen LogP contribution in [0.4, 0.5) is 0 Å². The van der Waals surface area contributed by atoms with Crippen molar-refractivity contribution in [3.8, 4) is 5.75 Å². The second kappa shape index (κ2) is 8.36. The van der Waals surface area contributed by atoms with Gasteiger partial charge in [-0.05, 0) is 56.4 Å². The molecule has 0 saturated carbocycles. The molecule has 0 aromatic heterocycles. The Balaban J connectivity index is 1.91. The molecule has 1 amide bonds. The first-order chi connectivity index (χ1) is 11.4. The molecule has 1 aliphatic carbocycles. The molecule has 0 radical (unpaired) electrons. The van der Waals surface area contributed by atoms with Crippen LogP contribution in [0.5, 0.6) is 5.75 Å². The Morgan fingerprint density at radius 3 is 2.88 bits per heavy atom. The number of rotatable bonds is 5. The summed E-state index contributed by atoms with van der Waals surface area (Å²) < 4.78 is 5.38. The van der Waals surface area contributed by atoms with E-state index in [1.807, 2.05) is 13.8 Å². The number of hydrogen-bond donors (Lipinski definition) is 1. The molecule has 1 unspecified atom stereocenters. The van der Waals surface area contributed by atoms with Gasteiger partial charge >= 0.3 is 0 Å². The molecule has 1 N–H and O–H groups in total. The SMILES string of the molecule is C=C(C)C1CC=C(C)C(=NNC(=O)COc2ccc(Cl)cc2Cl)C1. The number of carbonyl (C=O) groups excluding carboxylic acids is 1. The molecule has 1 atom stereocenters. The molecule has 0 saturated heterocycles. The lowest BCUT2D eigenvalue weighted by Gasteiger charge is -2.22. The van der Waals surface area contributed by atoms with Gasteiger partial charge in [-0.25, -0.2) is 5.43 Å². The van der Waals surface area contributed by atoms with E-state index in [1.54, 1.807) is 18.2 Å². The van der Waals surface area contributed by atoms with E-state index in [1.165, 1.54) is 0 Å². The Kier molecular flexibility index (Phi) is 6.46. The van der Waals surface area contributed by atoms with Crippen LogP contribution in [0.15, 0.2) is 47.1 Å². The largest absolute Gasteiger partial charge is 0.482 e. The Bertz CT molecular complexity index is 711. The molecule has 2 rings (SSSR count). The van der Waals surface area contributed by atoms with Crippen LogP contribution in [-0.4, -0.2) is 18.2 Å². The first-order valence-corrected chi connectivity index (χ1v) is 8.38. The fourth-order valence-electron chi connectivity index (χ4n) is 2.32. The van der Waals surface area contributed by atoms with E-state index in [0.29, 0.717) is 21.7 Å². The summed E-state index contributed by atoms with van der Waals surface area (Å²) in [5.41, 5.74) is 5.60. The van der Waals surface area contributed by atoms with Crippen LogP contribution >= 0.6 is 23.2 Å². The average molecular weight is 367 g/mol. The van der Waals surface area contributed by atoms with Gasteiger partial charge in [0.2, 0.25) is 0 Å². The summed E-state index contributed by atoms with van der Waals surface area (Å²) in [4.78, 5) is 11.9. The zero-order valence-corrected chi connectivity index (χ0v) is 15.2. The van der Waals surface area contributed by atoms with Gasteiger partial charge in [0.15, 0.2) is 6.61 Å². The van der Waals surface area contributed by atoms with Gasteiger partial charge in [-0.1, -0.05) is 41.4 Å². The van der Waals surface area contributed by atoms with Crippen LogP contribution in [0.1, 0.15) is 26.7 Å². The third-order valence-corrected chi connectivity index (χ3v) is 4.40. The maximum absolute atomic E-state index is 11.9. The molecule has 1 aromatic rings. The van der Waals surface area contributed by atoms with Crippen molar-refractivity contribution in [2.45, 2.75) is 26.7 Å². The number of halogens is 2. The molecule has 4 nitrogen and oxygen atoms in total. The third kappa shape index (κ3) is 5.11. The van der Waals surface area contributed by atoms with Gasteiger partial charge in [0, 0.05) is 5.02 Å². The lowest BCUT2D eigenvalue weighted by molar-refractivity contribution is -0.123. The Morgan fingerprint density at radius 1 is 1.46 bits per heavy atom. The van der Waals surface area contributed by atoms with Crippen molar-refractivity contribution in [3.05, 3.63) is 52.0 Å². The van der Waals surface area contributed by atoms with Crippen molar-refractivity contribution in [1.82, 2.24) is 5.43 Å². The molecule has 128 valence electrons. The minimum Gasteiger partial charge on any atom is -0.482 e. The number of hydrazone groups is 1. The maximum Gasteiger partial charge on any atom is 0.277 e. The highest BCUT2D eigenvalue weighted by Crippen LogP contribution is 2.28. The fraction of sp³-hybridized carbons (Fsp3) is 0.333. The Morgan fingerprint density at radius 2 is 2.21 bits per heavy atom. The van der Waals surface area contributed by atoms with Crippen molar-refractivity contribution < 1.29 is 9.53 Å². The number of allylic oxidation sites excluding steroid dienone is 3. The first kappa shape index (κ1) is 18.6. The highest BCUT2D eigenvalue weighted by molar-refractivity contribution is 6.35. The maximum atomic E-state index is 11.9. The quantitative estimate of drug-likeness (QED) is 0.602. The predicted octanol–water partition coefficient (Wildman–Crippen LogP) is 4.78. The highest BCUT2D eigenvalue weighted by Gasteiger charge is 2.18. The second-order valence-corrected chi connectivity index (χ2v) is 6.67. The molecular weight excluding hydrogens is 347 g/mol. The molecule has 0 fully saturated rings. The molecule has 24 heavy (non-hydrogen) atoms. The molecule has 1 aromatic carbocycles. The third-order valence-electron chi connectivity index (χ3n) is 3.87. The summed E-state index contributed by atoms with van der Waals surface area (Å²) in [6.45, 7) is 7.82. The van der Waals surface area contributed by atoms with Crippen LogP contribution in [0.25, 0.3) is 0 Å². The number of ether oxygens (including phenoxy) is 1. The lowest BCUT2D eigenvalue weighted by atomic mass is 9.85. The van der Waals surface area contributed by atoms with E-state index in [0.717, 1.165) is 29.7 Å². The van der Waals surface area contributed by atoms with Gasteiger partial charge in [0.1, 0.15) is 5.75 Å². The van der Waals surface area contributed by atoms with Crippen molar-refractivity contribution in [1.29, 1.82) is 0 Å². The highest BCUT2D eigenvalue weighted by atomic mass is 35.5. The van der Waals surface area contributed by atoms with Crippen molar-refractivity contribution >= 4 is 34.8 Å². The van der Waals surface area contributed by atoms with E-state index in [4.69, 9.17) is 27.9 Å². The van der Waals surface area contributed by atoms with E-state index in [2.05, 4.69) is 23.2 Å². The minimum absolute atomic E-state index is 0.176. The van der Waals surface area contributed by atoms with Gasteiger partial charge in [0.05, 0.1) is 10.7 Å². The van der Waals surface area contributed by atoms with Gasteiger partial charge in [0.25, 0.3) is 5.91 Å². The topological polar surface area (TPSA) is 50.7 Å². The number of hydrogen-bond acceptors (Lipinski definition) is 3. The molecule has 0 bridgehead atoms. The van der Waals surface area contributed by atoms with Crippen molar-refractivity contribution in [3.63, 3.8) is 0 Å². The normalized spacial score (nSPS) is 18.9. The fourth-order valence-corrected chi connectivity index (χ4v) is 2.78.